The molecule has 4 N–H and O–H groups in total. The molecule has 0 aromatic rings. The van der Waals surface area contributed by atoms with Gasteiger partial charge in [-0.1, -0.05) is 12.8 Å². The molecule has 0 bridgehead atoms. The van der Waals surface area contributed by atoms with Gasteiger partial charge in [-0.05, 0) is 12.3 Å². The van der Waals surface area contributed by atoms with Gasteiger partial charge in [0.25, 0.3) is 0 Å². The van der Waals surface area contributed by atoms with Crippen LogP contribution in [0.25, 0.3) is 0 Å². The van der Waals surface area contributed by atoms with Crippen molar-refractivity contribution in [2.45, 2.75) is 25.3 Å². The SMILES string of the molecule is NCC(NC(=O)OCCC1CC1)C(=O)O. The molecule has 1 fully saturated rings. The standard InChI is InChI=1S/C9H16N2O4/c10-5-7(8(12)13)11-9(14)15-4-3-6-1-2-6/h6-7H,1-5,10H2,(H,11,14)(H,12,13). The van der Waals surface area contributed by atoms with Gasteiger partial charge in [-0.25, -0.2) is 9.59 Å². The summed E-state index contributed by atoms with van der Waals surface area (Å²) in [6.07, 6.45) is 2.54. The Kier molecular flexibility index (Phi) is 4.36. The summed E-state index contributed by atoms with van der Waals surface area (Å²) in [5.41, 5.74) is 5.16. The van der Waals surface area contributed by atoms with Gasteiger partial charge >= 0.3 is 12.1 Å². The van der Waals surface area contributed by atoms with E-state index >= 15 is 0 Å². The van der Waals surface area contributed by atoms with E-state index < -0.39 is 18.1 Å². The maximum atomic E-state index is 11.1. The molecule has 0 radical (unpaired) electrons. The van der Waals surface area contributed by atoms with Crippen molar-refractivity contribution >= 4 is 12.1 Å². The minimum atomic E-state index is -1.16. The maximum Gasteiger partial charge on any atom is 0.407 e. The number of hydrogen-bond acceptors (Lipinski definition) is 4. The normalized spacial score (nSPS) is 16.9. The summed E-state index contributed by atoms with van der Waals surface area (Å²) in [6, 6.07) is -1.07. The number of ether oxygens (including phenoxy) is 1. The van der Waals surface area contributed by atoms with Crippen LogP contribution < -0.4 is 11.1 Å². The first kappa shape index (κ1) is 11.8. The van der Waals surface area contributed by atoms with Crippen LogP contribution in [0.15, 0.2) is 0 Å². The molecule has 1 aliphatic rings. The van der Waals surface area contributed by atoms with Gasteiger partial charge in [0.1, 0.15) is 6.04 Å². The van der Waals surface area contributed by atoms with Gasteiger partial charge < -0.3 is 20.9 Å². The molecule has 1 saturated carbocycles. The first-order chi connectivity index (χ1) is 7.13. The third-order valence-corrected chi connectivity index (χ3v) is 2.28. The molecule has 15 heavy (non-hydrogen) atoms. The molecule has 0 heterocycles. The van der Waals surface area contributed by atoms with E-state index in [1.165, 1.54) is 12.8 Å². The second kappa shape index (κ2) is 5.55. The van der Waals surface area contributed by atoms with Crippen LogP contribution in [-0.4, -0.2) is 36.4 Å². The Morgan fingerprint density at radius 1 is 1.53 bits per heavy atom. The molecule has 1 atom stereocenters. The Balaban J connectivity index is 2.12. The molecule has 6 nitrogen and oxygen atoms in total. The largest absolute Gasteiger partial charge is 0.480 e. The summed E-state index contributed by atoms with van der Waals surface area (Å²) < 4.78 is 4.81. The minimum Gasteiger partial charge on any atom is -0.480 e. The van der Waals surface area contributed by atoms with Crippen LogP contribution in [0.1, 0.15) is 19.3 Å². The lowest BCUT2D eigenvalue weighted by Crippen LogP contribution is -2.46. The molecule has 1 rings (SSSR count). The highest BCUT2D eigenvalue weighted by Crippen LogP contribution is 2.32. The highest BCUT2D eigenvalue weighted by molar-refractivity contribution is 5.80. The molecular weight excluding hydrogens is 200 g/mol. The third-order valence-electron chi connectivity index (χ3n) is 2.28. The van der Waals surface area contributed by atoms with Crippen LogP contribution in [0.4, 0.5) is 4.79 Å². The fourth-order valence-electron chi connectivity index (χ4n) is 1.13. The Hall–Kier alpha value is -1.30. The average Bonchev–Trinajstić information content (AvgIpc) is 2.97. The van der Waals surface area contributed by atoms with E-state index in [4.69, 9.17) is 15.6 Å². The number of alkyl carbamates (subject to hydrolysis) is 1. The zero-order valence-electron chi connectivity index (χ0n) is 8.44. The second-order valence-electron chi connectivity index (χ2n) is 3.64. The average molecular weight is 216 g/mol. The predicted octanol–water partition coefficient (Wildman–Crippen LogP) is -0.0754. The predicted molar refractivity (Wildman–Crippen MR) is 52.3 cm³/mol. The lowest BCUT2D eigenvalue weighted by molar-refractivity contribution is -0.139. The quantitative estimate of drug-likeness (QED) is 0.576. The van der Waals surface area contributed by atoms with Crippen molar-refractivity contribution < 1.29 is 19.4 Å². The molecule has 86 valence electrons. The summed E-state index contributed by atoms with van der Waals surface area (Å²) in [6.45, 7) is 0.195. The van der Waals surface area contributed by atoms with Gasteiger partial charge in [0, 0.05) is 6.54 Å². The number of carboxylic acid groups (broad SMARTS) is 1. The van der Waals surface area contributed by atoms with Crippen LogP contribution >= 0.6 is 0 Å². The van der Waals surface area contributed by atoms with E-state index in [1.54, 1.807) is 0 Å². The topological polar surface area (TPSA) is 102 Å². The number of carbonyl (C=O) groups excluding carboxylic acids is 1. The molecule has 1 aliphatic carbocycles. The zero-order valence-corrected chi connectivity index (χ0v) is 8.44. The molecule has 0 aliphatic heterocycles. The smallest absolute Gasteiger partial charge is 0.407 e. The van der Waals surface area contributed by atoms with Gasteiger partial charge in [-0.3, -0.25) is 0 Å². The van der Waals surface area contributed by atoms with Crippen molar-refractivity contribution in [2.75, 3.05) is 13.2 Å². The number of aliphatic carboxylic acids is 1. The van der Waals surface area contributed by atoms with Crippen LogP contribution in [0.2, 0.25) is 0 Å². The van der Waals surface area contributed by atoms with E-state index in [0.29, 0.717) is 12.5 Å². The van der Waals surface area contributed by atoms with Crippen LogP contribution in [0.5, 0.6) is 0 Å². The molecule has 1 amide bonds. The molecule has 0 aromatic heterocycles. The molecular formula is C9H16N2O4. The van der Waals surface area contributed by atoms with Gasteiger partial charge in [0.2, 0.25) is 0 Å². The van der Waals surface area contributed by atoms with E-state index in [9.17, 15) is 9.59 Å². The first-order valence-corrected chi connectivity index (χ1v) is 4.99. The van der Waals surface area contributed by atoms with E-state index in [1.807, 2.05) is 0 Å². The Morgan fingerprint density at radius 3 is 2.67 bits per heavy atom. The number of nitrogens with one attached hydrogen (secondary N) is 1. The van der Waals surface area contributed by atoms with Gasteiger partial charge in [0.15, 0.2) is 0 Å². The van der Waals surface area contributed by atoms with Crippen LogP contribution in [0.3, 0.4) is 0 Å². The molecule has 0 aromatic carbocycles. The first-order valence-electron chi connectivity index (χ1n) is 4.99. The van der Waals surface area contributed by atoms with E-state index in [2.05, 4.69) is 5.32 Å². The summed E-state index contributed by atoms with van der Waals surface area (Å²) in [5.74, 6) is -0.473. The van der Waals surface area contributed by atoms with Crippen LogP contribution in [-0.2, 0) is 9.53 Å². The van der Waals surface area contributed by atoms with Gasteiger partial charge in [0.05, 0.1) is 6.61 Å². The number of carbonyl (C=O) groups is 2. The Bertz CT molecular complexity index is 240. The summed E-state index contributed by atoms with van der Waals surface area (Å²) in [5, 5.41) is 10.8. The van der Waals surface area contributed by atoms with Gasteiger partial charge in [-0.15, -0.1) is 0 Å². The monoisotopic (exact) mass is 216 g/mol. The van der Waals surface area contributed by atoms with Crippen molar-refractivity contribution in [3.05, 3.63) is 0 Å². The van der Waals surface area contributed by atoms with Crippen molar-refractivity contribution in [3.63, 3.8) is 0 Å². The van der Waals surface area contributed by atoms with Gasteiger partial charge in [-0.2, -0.15) is 0 Å². The number of nitrogens with two attached hydrogens (primary N) is 1. The second-order valence-corrected chi connectivity index (χ2v) is 3.64. The lowest BCUT2D eigenvalue weighted by Gasteiger charge is -2.12. The zero-order chi connectivity index (χ0) is 11.3. The molecule has 0 spiro atoms. The molecule has 6 heteroatoms. The number of rotatable bonds is 6. The lowest BCUT2D eigenvalue weighted by atomic mass is 10.3. The number of hydrogen-bond donors (Lipinski definition) is 3. The fraction of sp³-hybridized carbons (Fsp3) is 0.778. The minimum absolute atomic E-state index is 0.146. The highest BCUT2D eigenvalue weighted by Gasteiger charge is 2.22. The number of amides is 1. The molecule has 1 unspecified atom stereocenters. The maximum absolute atomic E-state index is 11.1. The molecule has 0 saturated heterocycles. The Labute approximate surface area is 87.8 Å². The summed E-state index contributed by atoms with van der Waals surface area (Å²) >= 11 is 0. The Morgan fingerprint density at radius 2 is 2.20 bits per heavy atom. The van der Waals surface area contributed by atoms with E-state index in [0.717, 1.165) is 6.42 Å². The third kappa shape index (κ3) is 4.64. The van der Waals surface area contributed by atoms with Crippen LogP contribution in [0, 0.1) is 5.92 Å². The van der Waals surface area contributed by atoms with Crippen molar-refractivity contribution in [1.82, 2.24) is 5.32 Å². The van der Waals surface area contributed by atoms with E-state index in [-0.39, 0.29) is 6.54 Å². The highest BCUT2D eigenvalue weighted by atomic mass is 16.5. The number of carboxylic acids is 1. The fourth-order valence-corrected chi connectivity index (χ4v) is 1.13. The van der Waals surface area contributed by atoms with Crippen molar-refractivity contribution in [1.29, 1.82) is 0 Å². The van der Waals surface area contributed by atoms with Crippen molar-refractivity contribution in [2.24, 2.45) is 11.7 Å². The van der Waals surface area contributed by atoms with Crippen molar-refractivity contribution in [3.8, 4) is 0 Å². The summed E-state index contributed by atoms with van der Waals surface area (Å²) in [4.78, 5) is 21.6. The summed E-state index contributed by atoms with van der Waals surface area (Å²) in [7, 11) is 0.